The molecule has 1 aliphatic rings. The van der Waals surface area contributed by atoms with E-state index in [0.29, 0.717) is 0 Å². The molecule has 0 radical (unpaired) electrons. The van der Waals surface area contributed by atoms with Crippen LogP contribution in [-0.2, 0) is 0 Å². The molecule has 1 fully saturated rings. The molecule has 0 unspecified atom stereocenters. The predicted octanol–water partition coefficient (Wildman–Crippen LogP) is 0.995. The van der Waals surface area contributed by atoms with Crippen LogP contribution in [0.1, 0.15) is 12.5 Å². The Hall–Kier alpha value is -1.59. The molecule has 0 bridgehead atoms. The van der Waals surface area contributed by atoms with Gasteiger partial charge in [0.25, 0.3) is 0 Å². The van der Waals surface area contributed by atoms with Crippen molar-refractivity contribution in [2.75, 3.05) is 45.9 Å². The monoisotopic (exact) mass is 276 g/mol. The second kappa shape index (κ2) is 7.87. The minimum Gasteiger partial charge on any atom is -0.492 e. The summed E-state index contributed by atoms with van der Waals surface area (Å²) >= 11 is 0. The van der Waals surface area contributed by atoms with E-state index in [4.69, 9.17) is 10.6 Å². The molecule has 1 heterocycles. The number of piperazine rings is 1. The molecule has 0 aromatic heterocycles. The number of nitrogens with two attached hydrogens (primary N) is 1. The fraction of sp³-hybridized carbons (Fsp3) is 0.533. The van der Waals surface area contributed by atoms with Crippen molar-refractivity contribution in [3.05, 3.63) is 29.8 Å². The van der Waals surface area contributed by atoms with Crippen LogP contribution in [0.25, 0.3) is 0 Å². The molecular formula is C15H24N4O. The van der Waals surface area contributed by atoms with Crippen molar-refractivity contribution in [3.8, 4) is 5.75 Å². The quantitative estimate of drug-likeness (QED) is 0.478. The van der Waals surface area contributed by atoms with E-state index in [1.165, 1.54) is 13.1 Å². The van der Waals surface area contributed by atoms with Gasteiger partial charge in [0.15, 0.2) is 0 Å². The Bertz CT molecular complexity index is 410. The summed E-state index contributed by atoms with van der Waals surface area (Å²) in [6.07, 6.45) is 1.62. The van der Waals surface area contributed by atoms with Gasteiger partial charge in [-0.15, -0.1) is 0 Å². The Balaban J connectivity index is 1.68. The number of rotatable bonds is 6. The van der Waals surface area contributed by atoms with Gasteiger partial charge >= 0.3 is 0 Å². The van der Waals surface area contributed by atoms with Gasteiger partial charge in [0, 0.05) is 32.7 Å². The van der Waals surface area contributed by atoms with Crippen molar-refractivity contribution in [1.82, 2.24) is 9.80 Å². The van der Waals surface area contributed by atoms with E-state index >= 15 is 0 Å². The van der Waals surface area contributed by atoms with Crippen LogP contribution in [0.4, 0.5) is 0 Å². The van der Waals surface area contributed by atoms with Crippen LogP contribution in [0, 0.1) is 0 Å². The van der Waals surface area contributed by atoms with Gasteiger partial charge in [-0.2, -0.15) is 5.10 Å². The summed E-state index contributed by atoms with van der Waals surface area (Å²) in [6.45, 7) is 9.72. The number of hydrogen-bond acceptors (Lipinski definition) is 5. The van der Waals surface area contributed by atoms with Gasteiger partial charge in [0.2, 0.25) is 0 Å². The summed E-state index contributed by atoms with van der Waals surface area (Å²) in [4.78, 5) is 4.94. The molecule has 1 aromatic carbocycles. The molecule has 110 valence electrons. The number of hydrogen-bond donors (Lipinski definition) is 1. The summed E-state index contributed by atoms with van der Waals surface area (Å²) in [6, 6.07) is 7.80. The average Bonchev–Trinajstić information content (AvgIpc) is 2.50. The highest BCUT2D eigenvalue weighted by molar-refractivity contribution is 5.79. The zero-order valence-corrected chi connectivity index (χ0v) is 12.2. The topological polar surface area (TPSA) is 54.1 Å². The Morgan fingerprint density at radius 1 is 1.15 bits per heavy atom. The molecule has 0 amide bonds. The second-order valence-electron chi connectivity index (χ2n) is 4.97. The van der Waals surface area contributed by atoms with E-state index in [0.717, 1.165) is 44.1 Å². The highest BCUT2D eigenvalue weighted by Gasteiger charge is 2.14. The maximum Gasteiger partial charge on any atom is 0.119 e. The van der Waals surface area contributed by atoms with Crippen LogP contribution >= 0.6 is 0 Å². The third-order valence-corrected chi connectivity index (χ3v) is 3.69. The molecule has 2 N–H and O–H groups in total. The fourth-order valence-corrected chi connectivity index (χ4v) is 2.36. The lowest BCUT2D eigenvalue weighted by molar-refractivity contribution is 0.121. The molecule has 0 spiro atoms. The largest absolute Gasteiger partial charge is 0.492 e. The minimum atomic E-state index is 0.733. The maximum atomic E-state index is 5.76. The van der Waals surface area contributed by atoms with E-state index in [-0.39, 0.29) is 0 Å². The Morgan fingerprint density at radius 2 is 1.80 bits per heavy atom. The lowest BCUT2D eigenvalue weighted by atomic mass is 10.2. The first-order valence-corrected chi connectivity index (χ1v) is 7.22. The van der Waals surface area contributed by atoms with Crippen molar-refractivity contribution >= 4 is 6.21 Å². The summed E-state index contributed by atoms with van der Waals surface area (Å²) in [5.74, 6) is 6.01. The van der Waals surface area contributed by atoms with Crippen LogP contribution in [0.2, 0.25) is 0 Å². The van der Waals surface area contributed by atoms with Gasteiger partial charge in [-0.05, 0) is 36.4 Å². The van der Waals surface area contributed by atoms with E-state index in [1.807, 2.05) is 24.3 Å². The number of benzene rings is 1. The van der Waals surface area contributed by atoms with E-state index in [2.05, 4.69) is 21.8 Å². The normalized spacial score (nSPS) is 17.6. The molecule has 0 aliphatic carbocycles. The van der Waals surface area contributed by atoms with Gasteiger partial charge in [-0.1, -0.05) is 6.92 Å². The smallest absolute Gasteiger partial charge is 0.119 e. The third kappa shape index (κ3) is 4.51. The lowest BCUT2D eigenvalue weighted by Gasteiger charge is -2.33. The molecular weight excluding hydrogens is 252 g/mol. The van der Waals surface area contributed by atoms with Gasteiger partial charge in [0.05, 0.1) is 6.21 Å². The highest BCUT2D eigenvalue weighted by Crippen LogP contribution is 2.11. The Morgan fingerprint density at radius 3 is 2.40 bits per heavy atom. The molecule has 5 nitrogen and oxygen atoms in total. The first-order valence-electron chi connectivity index (χ1n) is 7.22. The van der Waals surface area contributed by atoms with Crippen LogP contribution in [0.15, 0.2) is 29.4 Å². The zero-order chi connectivity index (χ0) is 14.2. The van der Waals surface area contributed by atoms with Gasteiger partial charge in [-0.25, -0.2) is 0 Å². The molecule has 1 aromatic rings. The second-order valence-corrected chi connectivity index (χ2v) is 4.97. The van der Waals surface area contributed by atoms with Gasteiger partial charge < -0.3 is 15.5 Å². The molecule has 20 heavy (non-hydrogen) atoms. The molecule has 0 saturated carbocycles. The first-order chi connectivity index (χ1) is 9.81. The first kappa shape index (κ1) is 14.8. The van der Waals surface area contributed by atoms with Crippen molar-refractivity contribution in [1.29, 1.82) is 0 Å². The van der Waals surface area contributed by atoms with Crippen LogP contribution < -0.4 is 10.6 Å². The zero-order valence-electron chi connectivity index (χ0n) is 12.2. The molecule has 5 heteroatoms. The van der Waals surface area contributed by atoms with Crippen molar-refractivity contribution in [2.45, 2.75) is 6.92 Å². The molecule has 0 atom stereocenters. The van der Waals surface area contributed by atoms with Crippen LogP contribution in [0.5, 0.6) is 5.75 Å². The lowest BCUT2D eigenvalue weighted by Crippen LogP contribution is -2.47. The highest BCUT2D eigenvalue weighted by atomic mass is 16.5. The van der Waals surface area contributed by atoms with Crippen LogP contribution in [-0.4, -0.2) is 61.9 Å². The van der Waals surface area contributed by atoms with Crippen LogP contribution in [0.3, 0.4) is 0 Å². The third-order valence-electron chi connectivity index (χ3n) is 3.69. The molecule has 2 rings (SSSR count). The predicted molar refractivity (Wildman–Crippen MR) is 82.3 cm³/mol. The summed E-state index contributed by atoms with van der Waals surface area (Å²) in [5, 5.41) is 3.50. The fourth-order valence-electron chi connectivity index (χ4n) is 2.36. The maximum absolute atomic E-state index is 5.76. The Kier molecular flexibility index (Phi) is 5.83. The number of hydrazone groups is 1. The van der Waals surface area contributed by atoms with Gasteiger partial charge in [0.1, 0.15) is 12.4 Å². The average molecular weight is 276 g/mol. The molecule has 1 saturated heterocycles. The van der Waals surface area contributed by atoms with Crippen molar-refractivity contribution in [2.24, 2.45) is 10.9 Å². The number of likely N-dealkylation sites (N-methyl/N-ethyl adjacent to an activating group) is 1. The van der Waals surface area contributed by atoms with Gasteiger partial charge in [-0.3, -0.25) is 4.90 Å². The SMILES string of the molecule is CCN1CCN(CCOc2ccc(C=NN)cc2)CC1. The number of ether oxygens (including phenoxy) is 1. The molecule has 1 aliphatic heterocycles. The summed E-state index contributed by atoms with van der Waals surface area (Å²) in [5.41, 5.74) is 0.982. The van der Waals surface area contributed by atoms with Crippen molar-refractivity contribution in [3.63, 3.8) is 0 Å². The minimum absolute atomic E-state index is 0.733. The van der Waals surface area contributed by atoms with E-state index in [9.17, 15) is 0 Å². The van der Waals surface area contributed by atoms with Crippen molar-refractivity contribution < 1.29 is 4.74 Å². The standard InChI is InChI=1S/C15H24N4O/c1-2-18-7-9-19(10-8-18)11-12-20-15-5-3-14(4-6-15)13-17-16/h3-6,13H,2,7-12,16H2,1H3. The Labute approximate surface area is 121 Å². The summed E-state index contributed by atoms with van der Waals surface area (Å²) in [7, 11) is 0. The number of nitrogens with zero attached hydrogens (tertiary/aromatic N) is 3. The summed E-state index contributed by atoms with van der Waals surface area (Å²) < 4.78 is 5.76. The van der Waals surface area contributed by atoms with E-state index < -0.39 is 0 Å². The van der Waals surface area contributed by atoms with E-state index in [1.54, 1.807) is 6.21 Å².